The predicted molar refractivity (Wildman–Crippen MR) is 167 cm³/mol. The third-order valence-electron chi connectivity index (χ3n) is 10.6. The number of likely N-dealkylation sites (tertiary alicyclic amines) is 1. The van der Waals surface area contributed by atoms with Crippen LogP contribution in [0.3, 0.4) is 0 Å². The molecule has 3 aliphatic carbocycles. The van der Waals surface area contributed by atoms with Crippen molar-refractivity contribution >= 4 is 11.7 Å². The maximum absolute atomic E-state index is 15.5. The summed E-state index contributed by atoms with van der Waals surface area (Å²) in [4.78, 5) is 30.6. The number of benzene rings is 2. The van der Waals surface area contributed by atoms with Gasteiger partial charge in [0.2, 0.25) is 0 Å². The number of fused-ring (bicyclic) bond motifs is 3. The number of nitrogens with two attached hydrogens (primary N) is 1. The highest BCUT2D eigenvalue weighted by atomic mass is 19.1. The van der Waals surface area contributed by atoms with E-state index in [-0.39, 0.29) is 41.2 Å². The standard InChI is InChI=1S/C35H42FN3O6/c1-17-9-11-39(12-10-17)16-18-5-7-24(36)21(13-18)20-6-8-25(40)27-22(20)14-19-15-23-28(32(42)26(19)31(27)41)35(2,45)29(34(37)44)33(43)30(23)38(3)4/h5-8,13,17,19,23,28,30,40,42-43,45H,9-12,14-16H2,1-4H3,(H2,37,44)/t19?,23?,28?,30-,35+/m0/s1. The molecule has 0 radical (unpaired) electrons. The summed E-state index contributed by atoms with van der Waals surface area (Å²) in [7, 11) is 3.43. The smallest absolute Gasteiger partial charge is 0.251 e. The number of primary amides is 1. The Morgan fingerprint density at radius 3 is 2.42 bits per heavy atom. The molecule has 0 saturated carbocycles. The predicted octanol–water partition coefficient (Wildman–Crippen LogP) is 4.23. The Kier molecular flexibility index (Phi) is 7.82. The first-order valence-electron chi connectivity index (χ1n) is 15.7. The Morgan fingerprint density at radius 2 is 1.78 bits per heavy atom. The molecule has 1 saturated heterocycles. The van der Waals surface area contributed by atoms with Crippen LogP contribution in [-0.2, 0) is 17.8 Å². The van der Waals surface area contributed by atoms with Crippen LogP contribution in [0.4, 0.5) is 4.39 Å². The van der Waals surface area contributed by atoms with Crippen LogP contribution in [0.1, 0.15) is 54.6 Å². The molecule has 1 aliphatic heterocycles. The first-order chi connectivity index (χ1) is 21.2. The summed E-state index contributed by atoms with van der Waals surface area (Å²) in [5, 5.41) is 45.5. The van der Waals surface area contributed by atoms with E-state index in [1.165, 1.54) is 19.1 Å². The van der Waals surface area contributed by atoms with Gasteiger partial charge in [-0.15, -0.1) is 0 Å². The van der Waals surface area contributed by atoms with Crippen molar-refractivity contribution in [3.05, 3.63) is 75.5 Å². The second-order valence-corrected chi connectivity index (χ2v) is 13.8. The summed E-state index contributed by atoms with van der Waals surface area (Å²) in [6, 6.07) is 7.28. The molecule has 5 atom stereocenters. The van der Waals surface area contributed by atoms with Crippen molar-refractivity contribution in [1.82, 2.24) is 9.80 Å². The van der Waals surface area contributed by atoms with Gasteiger partial charge >= 0.3 is 0 Å². The van der Waals surface area contributed by atoms with Crippen molar-refractivity contribution in [3.8, 4) is 16.9 Å². The summed E-state index contributed by atoms with van der Waals surface area (Å²) >= 11 is 0. The molecular formula is C35H42FN3O6. The number of ketones is 1. The van der Waals surface area contributed by atoms with Crippen molar-refractivity contribution in [3.63, 3.8) is 0 Å². The lowest BCUT2D eigenvalue weighted by atomic mass is 9.56. The minimum Gasteiger partial charge on any atom is -0.511 e. The van der Waals surface area contributed by atoms with Gasteiger partial charge in [-0.1, -0.05) is 19.1 Å². The first kappa shape index (κ1) is 31.3. The molecule has 1 heterocycles. The molecule has 0 bridgehead atoms. The van der Waals surface area contributed by atoms with Crippen molar-refractivity contribution in [1.29, 1.82) is 0 Å². The number of likely N-dealkylation sites (N-methyl/N-ethyl adjacent to an activating group) is 1. The fourth-order valence-corrected chi connectivity index (χ4v) is 8.50. The van der Waals surface area contributed by atoms with E-state index in [2.05, 4.69) is 11.8 Å². The molecule has 1 amide bonds. The minimum absolute atomic E-state index is 0.00769. The zero-order valence-electron chi connectivity index (χ0n) is 26.2. The SMILES string of the molecule is CC1CCN(Cc2ccc(F)c(-c3ccc(O)c4c3CC3CC5C(C(O)=C3C4=O)[C@@](C)(O)C(C(N)=O)=C(O)[C@H]5N(C)C)c2)CC1. The van der Waals surface area contributed by atoms with E-state index in [1.807, 2.05) is 6.07 Å². The van der Waals surface area contributed by atoms with Crippen LogP contribution in [0.5, 0.6) is 5.75 Å². The molecule has 6 rings (SSSR count). The van der Waals surface area contributed by atoms with E-state index in [9.17, 15) is 30.0 Å². The molecule has 240 valence electrons. The van der Waals surface area contributed by atoms with E-state index in [0.29, 0.717) is 29.2 Å². The fraction of sp³-hybridized carbons (Fsp3) is 0.486. The van der Waals surface area contributed by atoms with Crippen LogP contribution < -0.4 is 5.73 Å². The summed E-state index contributed by atoms with van der Waals surface area (Å²) in [6.45, 7) is 6.20. The van der Waals surface area contributed by atoms with Gasteiger partial charge < -0.3 is 26.2 Å². The lowest BCUT2D eigenvalue weighted by Crippen LogP contribution is -2.59. The molecule has 45 heavy (non-hydrogen) atoms. The third kappa shape index (κ3) is 5.03. The highest BCUT2D eigenvalue weighted by molar-refractivity contribution is 6.14. The number of nitrogens with zero attached hydrogens (tertiary/aromatic N) is 2. The van der Waals surface area contributed by atoms with E-state index in [1.54, 1.807) is 31.1 Å². The largest absolute Gasteiger partial charge is 0.511 e. The maximum atomic E-state index is 15.5. The van der Waals surface area contributed by atoms with Gasteiger partial charge in [-0.25, -0.2) is 4.39 Å². The number of phenols is 1. The van der Waals surface area contributed by atoms with Crippen molar-refractivity contribution in [2.24, 2.45) is 29.4 Å². The number of Topliss-reactive ketones (excluding diaryl/α,β-unsaturated/α-hetero) is 1. The molecule has 4 aliphatic rings. The van der Waals surface area contributed by atoms with Gasteiger partial charge in [0.25, 0.3) is 5.91 Å². The van der Waals surface area contributed by atoms with Gasteiger partial charge in [0.15, 0.2) is 5.78 Å². The Balaban J connectivity index is 1.44. The van der Waals surface area contributed by atoms with E-state index >= 15 is 4.39 Å². The lowest BCUT2D eigenvalue weighted by molar-refractivity contribution is -0.120. The number of hydrogen-bond donors (Lipinski definition) is 5. The van der Waals surface area contributed by atoms with Crippen LogP contribution in [0.15, 0.2) is 53.0 Å². The number of piperidine rings is 1. The number of carbonyl (C=O) groups is 2. The second kappa shape index (κ2) is 11.3. The molecule has 2 aromatic rings. The van der Waals surface area contributed by atoms with Crippen LogP contribution in [0, 0.1) is 29.5 Å². The van der Waals surface area contributed by atoms with Crippen LogP contribution in [0.2, 0.25) is 0 Å². The summed E-state index contributed by atoms with van der Waals surface area (Å²) in [6.07, 6.45) is 2.73. The van der Waals surface area contributed by atoms with Gasteiger partial charge in [0.1, 0.15) is 28.7 Å². The Hall–Kier alpha value is -3.73. The van der Waals surface area contributed by atoms with Gasteiger partial charge in [-0.3, -0.25) is 19.4 Å². The number of aliphatic hydroxyl groups excluding tert-OH is 2. The zero-order valence-corrected chi connectivity index (χ0v) is 26.2. The molecule has 0 spiro atoms. The molecular weight excluding hydrogens is 577 g/mol. The molecule has 2 aromatic carbocycles. The van der Waals surface area contributed by atoms with Crippen molar-refractivity contribution < 1.29 is 34.4 Å². The zero-order chi connectivity index (χ0) is 32.5. The Labute approximate surface area is 262 Å². The third-order valence-corrected chi connectivity index (χ3v) is 10.6. The van der Waals surface area contributed by atoms with Gasteiger partial charge in [0.05, 0.1) is 23.1 Å². The molecule has 1 fully saturated rings. The molecule has 0 aromatic heterocycles. The van der Waals surface area contributed by atoms with Crippen LogP contribution in [-0.4, -0.2) is 80.7 Å². The van der Waals surface area contributed by atoms with Crippen LogP contribution >= 0.6 is 0 Å². The number of hydrogen-bond acceptors (Lipinski definition) is 8. The molecule has 3 unspecified atom stereocenters. The molecule has 9 nitrogen and oxygen atoms in total. The van der Waals surface area contributed by atoms with Crippen molar-refractivity contribution in [2.45, 2.75) is 57.7 Å². The monoisotopic (exact) mass is 619 g/mol. The number of carbonyl (C=O) groups excluding carboxylic acids is 2. The average Bonchev–Trinajstić information content (AvgIpc) is 2.94. The lowest BCUT2D eigenvalue weighted by Gasteiger charge is -2.52. The quantitative estimate of drug-likeness (QED) is 0.334. The van der Waals surface area contributed by atoms with Crippen LogP contribution in [0.25, 0.3) is 11.1 Å². The topological polar surface area (TPSA) is 148 Å². The second-order valence-electron chi connectivity index (χ2n) is 13.8. The van der Waals surface area contributed by atoms with E-state index in [4.69, 9.17) is 5.73 Å². The Bertz CT molecular complexity index is 1640. The maximum Gasteiger partial charge on any atom is 0.251 e. The normalized spacial score (nSPS) is 29.1. The number of amides is 1. The molecule has 10 heteroatoms. The number of phenolic OH excluding ortho intramolecular Hbond substituents is 1. The number of allylic oxidation sites excluding steroid dienone is 1. The Morgan fingerprint density at radius 1 is 1.09 bits per heavy atom. The highest BCUT2D eigenvalue weighted by Gasteiger charge is 2.59. The van der Waals surface area contributed by atoms with Crippen molar-refractivity contribution in [2.75, 3.05) is 27.2 Å². The highest BCUT2D eigenvalue weighted by Crippen LogP contribution is 2.55. The number of halogens is 1. The van der Waals surface area contributed by atoms with Gasteiger partial charge in [-0.2, -0.15) is 0 Å². The number of rotatable bonds is 5. The number of aliphatic hydroxyl groups is 3. The van der Waals surface area contributed by atoms with Gasteiger partial charge in [0, 0.05) is 17.7 Å². The fourth-order valence-electron chi connectivity index (χ4n) is 8.50. The average molecular weight is 620 g/mol. The summed E-state index contributed by atoms with van der Waals surface area (Å²) in [5.74, 6) is -4.66. The van der Waals surface area contributed by atoms with E-state index < -0.39 is 52.5 Å². The van der Waals surface area contributed by atoms with Gasteiger partial charge in [-0.05, 0) is 112 Å². The first-order valence-corrected chi connectivity index (χ1v) is 15.7. The minimum atomic E-state index is -2.06. The number of aromatic hydroxyl groups is 1. The summed E-state index contributed by atoms with van der Waals surface area (Å²) in [5.41, 5.74) is 5.45. The van der Waals surface area contributed by atoms with E-state index in [0.717, 1.165) is 31.5 Å². The summed E-state index contributed by atoms with van der Waals surface area (Å²) < 4.78 is 15.5. The molecule has 6 N–H and O–H groups in total.